The Morgan fingerprint density at radius 1 is 1.23 bits per heavy atom. The van der Waals surface area contributed by atoms with Gasteiger partial charge in [-0.25, -0.2) is 4.98 Å². The minimum atomic E-state index is -0.0984. The maximum Gasteiger partial charge on any atom is 0.280 e. The Morgan fingerprint density at radius 3 is 2.86 bits per heavy atom. The molecular formula is C16H15N5O. The van der Waals surface area contributed by atoms with Gasteiger partial charge >= 0.3 is 0 Å². The average molecular weight is 293 g/mol. The lowest BCUT2D eigenvalue weighted by Crippen LogP contribution is -2.48. The minimum Gasteiger partial charge on any atom is -0.333 e. The molecule has 0 radical (unpaired) electrons. The summed E-state index contributed by atoms with van der Waals surface area (Å²) >= 11 is 0. The summed E-state index contributed by atoms with van der Waals surface area (Å²) in [6, 6.07) is 9.98. The summed E-state index contributed by atoms with van der Waals surface area (Å²) in [4.78, 5) is 27.9. The van der Waals surface area contributed by atoms with E-state index in [-0.39, 0.29) is 5.91 Å². The summed E-state index contributed by atoms with van der Waals surface area (Å²) in [6.45, 7) is 1.45. The van der Waals surface area contributed by atoms with E-state index in [4.69, 9.17) is 0 Å². The maximum atomic E-state index is 12.4. The first kappa shape index (κ1) is 12.8. The predicted octanol–water partition coefficient (Wildman–Crippen LogP) is 1.84. The number of nitrogens with zero attached hydrogens (tertiary/aromatic N) is 4. The van der Waals surface area contributed by atoms with Crippen molar-refractivity contribution in [3.05, 3.63) is 47.4 Å². The lowest BCUT2D eigenvalue weighted by Gasteiger charge is -2.29. The molecule has 0 aliphatic carbocycles. The number of benzene rings is 1. The van der Waals surface area contributed by atoms with Crippen molar-refractivity contribution in [3.63, 3.8) is 0 Å². The standard InChI is InChI=1S/C16H15N5O/c1-20-15(22)13-14(21-10-9-17-16(20)21)19-12(18-13)8-7-11-5-3-2-4-6-11/h2-8H,9-10H2,1H3,(H,18,19)/b8-7+. The number of anilines is 1. The van der Waals surface area contributed by atoms with Crippen molar-refractivity contribution in [2.24, 2.45) is 4.99 Å². The van der Waals surface area contributed by atoms with Crippen LogP contribution in [0.1, 0.15) is 21.9 Å². The van der Waals surface area contributed by atoms with Crippen molar-refractivity contribution in [2.45, 2.75) is 0 Å². The number of fused-ring (bicyclic) bond motifs is 3. The molecule has 1 aromatic carbocycles. The normalized spacial score (nSPS) is 17.0. The minimum absolute atomic E-state index is 0.0984. The molecule has 0 spiro atoms. The second kappa shape index (κ2) is 4.84. The van der Waals surface area contributed by atoms with Gasteiger partial charge in [-0.15, -0.1) is 0 Å². The summed E-state index contributed by atoms with van der Waals surface area (Å²) in [7, 11) is 1.74. The number of carbonyl (C=O) groups excluding carboxylic acids is 1. The van der Waals surface area contributed by atoms with Crippen molar-refractivity contribution in [2.75, 3.05) is 25.0 Å². The lowest BCUT2D eigenvalue weighted by atomic mass is 10.2. The van der Waals surface area contributed by atoms with E-state index in [2.05, 4.69) is 15.0 Å². The number of hydrogen-bond acceptors (Lipinski definition) is 4. The highest BCUT2D eigenvalue weighted by Gasteiger charge is 2.37. The summed E-state index contributed by atoms with van der Waals surface area (Å²) in [5.41, 5.74) is 1.61. The lowest BCUT2D eigenvalue weighted by molar-refractivity contribution is 0.0860. The molecule has 2 aliphatic rings. The second-order valence-corrected chi connectivity index (χ2v) is 5.26. The first-order valence-corrected chi connectivity index (χ1v) is 7.17. The van der Waals surface area contributed by atoms with Gasteiger partial charge < -0.3 is 4.98 Å². The first-order chi connectivity index (χ1) is 10.7. The molecular weight excluding hydrogens is 278 g/mol. The van der Waals surface area contributed by atoms with Gasteiger partial charge in [0.15, 0.2) is 5.82 Å². The number of guanidine groups is 1. The van der Waals surface area contributed by atoms with Crippen LogP contribution in [0.4, 0.5) is 5.82 Å². The molecule has 6 nitrogen and oxygen atoms in total. The highest BCUT2D eigenvalue weighted by Crippen LogP contribution is 2.28. The molecule has 0 fully saturated rings. The van der Waals surface area contributed by atoms with Crippen LogP contribution < -0.4 is 4.90 Å². The number of H-pyrrole nitrogens is 1. The fraction of sp³-hybridized carbons (Fsp3) is 0.188. The first-order valence-electron chi connectivity index (χ1n) is 7.17. The molecule has 6 heteroatoms. The summed E-state index contributed by atoms with van der Waals surface area (Å²) < 4.78 is 0. The Bertz CT molecular complexity index is 790. The van der Waals surface area contributed by atoms with Crippen LogP contribution in [0.3, 0.4) is 0 Å². The molecule has 1 aromatic heterocycles. The van der Waals surface area contributed by atoms with Crippen LogP contribution in [-0.4, -0.2) is 46.9 Å². The van der Waals surface area contributed by atoms with Gasteiger partial charge in [-0.3, -0.25) is 19.6 Å². The Balaban J connectivity index is 1.70. The predicted molar refractivity (Wildman–Crippen MR) is 85.7 cm³/mol. The number of aliphatic imine (C=N–C) groups is 1. The van der Waals surface area contributed by atoms with E-state index in [1.165, 1.54) is 0 Å². The van der Waals surface area contributed by atoms with Crippen LogP contribution in [0.2, 0.25) is 0 Å². The molecule has 1 N–H and O–H groups in total. The van der Waals surface area contributed by atoms with Gasteiger partial charge in [0.25, 0.3) is 5.91 Å². The van der Waals surface area contributed by atoms with E-state index >= 15 is 0 Å². The molecule has 1 amide bonds. The Hall–Kier alpha value is -2.89. The van der Waals surface area contributed by atoms with Crippen molar-refractivity contribution in [1.29, 1.82) is 0 Å². The van der Waals surface area contributed by atoms with Gasteiger partial charge in [0, 0.05) is 13.6 Å². The quantitative estimate of drug-likeness (QED) is 0.919. The van der Waals surface area contributed by atoms with E-state index in [1.54, 1.807) is 11.9 Å². The molecule has 22 heavy (non-hydrogen) atoms. The van der Waals surface area contributed by atoms with Crippen molar-refractivity contribution >= 4 is 29.8 Å². The molecule has 0 atom stereocenters. The van der Waals surface area contributed by atoms with Crippen LogP contribution in [0, 0.1) is 0 Å². The van der Waals surface area contributed by atoms with E-state index in [0.29, 0.717) is 29.8 Å². The molecule has 0 unspecified atom stereocenters. The van der Waals surface area contributed by atoms with Crippen molar-refractivity contribution in [3.8, 4) is 0 Å². The van der Waals surface area contributed by atoms with Gasteiger partial charge in [-0.1, -0.05) is 36.4 Å². The van der Waals surface area contributed by atoms with E-state index in [9.17, 15) is 4.79 Å². The second-order valence-electron chi connectivity index (χ2n) is 5.26. The van der Waals surface area contributed by atoms with E-state index < -0.39 is 0 Å². The van der Waals surface area contributed by atoms with Crippen molar-refractivity contribution < 1.29 is 4.79 Å². The third kappa shape index (κ3) is 1.92. The van der Waals surface area contributed by atoms with Crippen LogP contribution in [-0.2, 0) is 0 Å². The molecule has 110 valence electrons. The topological polar surface area (TPSA) is 64.6 Å². The van der Waals surface area contributed by atoms with Crippen LogP contribution in [0.5, 0.6) is 0 Å². The number of aromatic nitrogens is 2. The Kier molecular flexibility index (Phi) is 2.82. The summed E-state index contributed by atoms with van der Waals surface area (Å²) in [5, 5.41) is 0. The zero-order valence-electron chi connectivity index (χ0n) is 12.2. The number of imidazole rings is 1. The van der Waals surface area contributed by atoms with Gasteiger partial charge in [-0.05, 0) is 11.6 Å². The van der Waals surface area contributed by atoms with E-state index in [1.807, 2.05) is 47.4 Å². The van der Waals surface area contributed by atoms with Crippen LogP contribution >= 0.6 is 0 Å². The van der Waals surface area contributed by atoms with Gasteiger partial charge in [0.2, 0.25) is 5.96 Å². The third-order valence-corrected chi connectivity index (χ3v) is 3.83. The smallest absolute Gasteiger partial charge is 0.280 e. The number of nitrogens with one attached hydrogen (secondary N) is 1. The maximum absolute atomic E-state index is 12.4. The zero-order chi connectivity index (χ0) is 15.1. The number of hydrogen-bond donors (Lipinski definition) is 1. The third-order valence-electron chi connectivity index (χ3n) is 3.83. The number of carbonyl (C=O) groups is 1. The molecule has 2 aromatic rings. The summed E-state index contributed by atoms with van der Waals surface area (Å²) in [5.74, 6) is 1.93. The molecule has 0 saturated heterocycles. The highest BCUT2D eigenvalue weighted by molar-refractivity contribution is 6.17. The fourth-order valence-corrected chi connectivity index (χ4v) is 2.73. The van der Waals surface area contributed by atoms with Crippen LogP contribution in [0.25, 0.3) is 12.2 Å². The highest BCUT2D eigenvalue weighted by atomic mass is 16.2. The van der Waals surface area contributed by atoms with Crippen molar-refractivity contribution in [1.82, 2.24) is 14.9 Å². The van der Waals surface area contributed by atoms with Crippen LogP contribution in [0.15, 0.2) is 35.3 Å². The van der Waals surface area contributed by atoms with Gasteiger partial charge in [0.1, 0.15) is 11.5 Å². The van der Waals surface area contributed by atoms with Gasteiger partial charge in [-0.2, -0.15) is 0 Å². The zero-order valence-corrected chi connectivity index (χ0v) is 12.2. The average Bonchev–Trinajstić information content (AvgIpc) is 3.18. The van der Waals surface area contributed by atoms with E-state index in [0.717, 1.165) is 12.1 Å². The van der Waals surface area contributed by atoms with Gasteiger partial charge in [0.05, 0.1) is 6.54 Å². The summed E-state index contributed by atoms with van der Waals surface area (Å²) in [6.07, 6.45) is 3.85. The molecule has 3 heterocycles. The fourth-order valence-electron chi connectivity index (χ4n) is 2.73. The molecule has 0 bridgehead atoms. The largest absolute Gasteiger partial charge is 0.333 e. The Morgan fingerprint density at radius 2 is 2.05 bits per heavy atom. The molecule has 0 saturated carbocycles. The monoisotopic (exact) mass is 293 g/mol. The SMILES string of the molecule is CN1C(=O)c2[nH]c(/C=C/c3ccccc3)nc2N2CCN=C12. The number of aromatic amines is 1. The Labute approximate surface area is 127 Å². The molecule has 4 rings (SSSR count). The number of rotatable bonds is 2. The number of amides is 1. The molecule has 2 aliphatic heterocycles.